The van der Waals surface area contributed by atoms with E-state index in [1.54, 1.807) is 18.2 Å². The summed E-state index contributed by atoms with van der Waals surface area (Å²) in [7, 11) is 0. The Balaban J connectivity index is 3.32. The third-order valence-corrected chi connectivity index (χ3v) is 2.92. The Morgan fingerprint density at radius 3 is 2.11 bits per heavy atom. The maximum absolute atomic E-state index is 11.4. The van der Waals surface area contributed by atoms with Crippen LogP contribution in [0.15, 0.2) is 37.0 Å². The van der Waals surface area contributed by atoms with E-state index in [0.29, 0.717) is 6.42 Å². The van der Waals surface area contributed by atoms with E-state index in [4.69, 9.17) is 0 Å². The van der Waals surface area contributed by atoms with Crippen molar-refractivity contribution in [1.29, 1.82) is 0 Å². The predicted molar refractivity (Wildman–Crippen MR) is 80.7 cm³/mol. The molecule has 0 aliphatic carbocycles. The Bertz CT molecular complexity index is 261. The fourth-order valence-corrected chi connectivity index (χ4v) is 1.82. The summed E-state index contributed by atoms with van der Waals surface area (Å²) in [5, 5.41) is 0. The molecule has 0 amide bonds. The van der Waals surface area contributed by atoms with E-state index in [-0.39, 0.29) is 5.78 Å². The standard InChI is InChI=1S/C17H28O/c1-3-5-7-9-10-11-12-14-16-17(18)15-13-8-6-4-2/h4,6,8,13,15H,2-3,5,7,9-12,14,16H2,1H3/b8-6+,15-13+. The summed E-state index contributed by atoms with van der Waals surface area (Å²) in [5.41, 5.74) is 0. The first kappa shape index (κ1) is 16.9. The molecule has 0 fully saturated rings. The van der Waals surface area contributed by atoms with E-state index in [0.717, 1.165) is 6.42 Å². The van der Waals surface area contributed by atoms with Crippen LogP contribution in [0, 0.1) is 0 Å². The molecule has 0 aromatic heterocycles. The van der Waals surface area contributed by atoms with Gasteiger partial charge < -0.3 is 0 Å². The second-order valence-corrected chi connectivity index (χ2v) is 4.67. The highest BCUT2D eigenvalue weighted by Gasteiger charge is 1.96. The number of rotatable bonds is 12. The average Bonchev–Trinajstić information content (AvgIpc) is 2.38. The van der Waals surface area contributed by atoms with E-state index in [1.807, 2.05) is 12.2 Å². The third-order valence-electron chi connectivity index (χ3n) is 2.92. The molecular formula is C17H28O. The van der Waals surface area contributed by atoms with Gasteiger partial charge in [0.15, 0.2) is 5.78 Å². The lowest BCUT2D eigenvalue weighted by molar-refractivity contribution is -0.114. The predicted octanol–water partition coefficient (Wildman–Crippen LogP) is 5.38. The van der Waals surface area contributed by atoms with Crippen LogP contribution in [0.4, 0.5) is 0 Å². The molecule has 102 valence electrons. The zero-order valence-electron chi connectivity index (χ0n) is 11.9. The summed E-state index contributed by atoms with van der Waals surface area (Å²) in [6, 6.07) is 0. The van der Waals surface area contributed by atoms with Crippen molar-refractivity contribution in [2.24, 2.45) is 0 Å². The minimum Gasteiger partial charge on any atom is -0.295 e. The van der Waals surface area contributed by atoms with Gasteiger partial charge in [-0.25, -0.2) is 0 Å². The Hall–Kier alpha value is -1.11. The van der Waals surface area contributed by atoms with Crippen LogP contribution in [0.3, 0.4) is 0 Å². The molecule has 0 N–H and O–H groups in total. The number of hydrogen-bond acceptors (Lipinski definition) is 1. The average molecular weight is 248 g/mol. The van der Waals surface area contributed by atoms with Crippen molar-refractivity contribution in [3.8, 4) is 0 Å². The number of carbonyl (C=O) groups excluding carboxylic acids is 1. The van der Waals surface area contributed by atoms with Crippen molar-refractivity contribution < 1.29 is 4.79 Å². The van der Waals surface area contributed by atoms with Crippen molar-refractivity contribution >= 4 is 5.78 Å². The molecule has 1 heteroatoms. The van der Waals surface area contributed by atoms with E-state index < -0.39 is 0 Å². The zero-order chi connectivity index (χ0) is 13.5. The Morgan fingerprint density at radius 1 is 0.889 bits per heavy atom. The van der Waals surface area contributed by atoms with Gasteiger partial charge in [-0.2, -0.15) is 0 Å². The first-order valence-corrected chi connectivity index (χ1v) is 7.30. The lowest BCUT2D eigenvalue weighted by atomic mass is 10.1. The molecule has 0 saturated carbocycles. The van der Waals surface area contributed by atoms with Gasteiger partial charge in [0.2, 0.25) is 0 Å². The highest BCUT2D eigenvalue weighted by Crippen LogP contribution is 2.09. The number of ketones is 1. The highest BCUT2D eigenvalue weighted by molar-refractivity contribution is 5.89. The summed E-state index contributed by atoms with van der Waals surface area (Å²) < 4.78 is 0. The lowest BCUT2D eigenvalue weighted by Gasteiger charge is -2.00. The molecule has 0 rings (SSSR count). The van der Waals surface area contributed by atoms with Gasteiger partial charge in [-0.3, -0.25) is 4.79 Å². The number of carbonyl (C=O) groups is 1. The van der Waals surface area contributed by atoms with Gasteiger partial charge in [-0.15, -0.1) is 0 Å². The summed E-state index contributed by atoms with van der Waals surface area (Å²) in [4.78, 5) is 11.4. The van der Waals surface area contributed by atoms with Crippen LogP contribution in [0.1, 0.15) is 64.7 Å². The van der Waals surface area contributed by atoms with Gasteiger partial charge in [0.25, 0.3) is 0 Å². The summed E-state index contributed by atoms with van der Waals surface area (Å²) in [6.07, 6.45) is 19.7. The molecule has 0 aromatic rings. The molecule has 0 radical (unpaired) electrons. The van der Waals surface area contributed by atoms with E-state index >= 15 is 0 Å². The normalized spacial score (nSPS) is 11.4. The molecular weight excluding hydrogens is 220 g/mol. The lowest BCUT2D eigenvalue weighted by Crippen LogP contribution is -1.92. The first-order chi connectivity index (χ1) is 8.81. The smallest absolute Gasteiger partial charge is 0.155 e. The van der Waals surface area contributed by atoms with Gasteiger partial charge in [0.1, 0.15) is 0 Å². The van der Waals surface area contributed by atoms with Crippen molar-refractivity contribution in [1.82, 2.24) is 0 Å². The highest BCUT2D eigenvalue weighted by atomic mass is 16.1. The van der Waals surface area contributed by atoms with Crippen LogP contribution in [-0.4, -0.2) is 5.78 Å². The van der Waals surface area contributed by atoms with E-state index in [1.165, 1.54) is 44.9 Å². The molecule has 0 aliphatic heterocycles. The number of unbranched alkanes of at least 4 members (excludes halogenated alkanes) is 7. The second-order valence-electron chi connectivity index (χ2n) is 4.67. The summed E-state index contributed by atoms with van der Waals surface area (Å²) in [5.74, 6) is 0.231. The van der Waals surface area contributed by atoms with Crippen LogP contribution >= 0.6 is 0 Å². The quantitative estimate of drug-likeness (QED) is 0.257. The van der Waals surface area contributed by atoms with E-state index in [2.05, 4.69) is 13.5 Å². The fourth-order valence-electron chi connectivity index (χ4n) is 1.82. The van der Waals surface area contributed by atoms with E-state index in [9.17, 15) is 4.79 Å². The van der Waals surface area contributed by atoms with Crippen molar-refractivity contribution in [2.75, 3.05) is 0 Å². The fraction of sp³-hybridized carbons (Fsp3) is 0.588. The Morgan fingerprint density at radius 2 is 1.50 bits per heavy atom. The Kier molecular flexibility index (Phi) is 13.1. The SMILES string of the molecule is C=C/C=C/C=C/C(=O)CCCCCCCCCC. The number of allylic oxidation sites excluding steroid dienone is 5. The molecule has 0 spiro atoms. The topological polar surface area (TPSA) is 17.1 Å². The molecule has 0 atom stereocenters. The molecule has 1 nitrogen and oxygen atoms in total. The van der Waals surface area contributed by atoms with Crippen molar-refractivity contribution in [3.63, 3.8) is 0 Å². The molecule has 18 heavy (non-hydrogen) atoms. The maximum atomic E-state index is 11.4. The van der Waals surface area contributed by atoms with Crippen LogP contribution in [-0.2, 0) is 4.79 Å². The maximum Gasteiger partial charge on any atom is 0.155 e. The second kappa shape index (κ2) is 14.0. The zero-order valence-corrected chi connectivity index (χ0v) is 11.9. The van der Waals surface area contributed by atoms with Crippen LogP contribution in [0.25, 0.3) is 0 Å². The third kappa shape index (κ3) is 13.0. The molecule has 0 bridgehead atoms. The van der Waals surface area contributed by atoms with Crippen LogP contribution in [0.2, 0.25) is 0 Å². The Labute approximate surface area is 113 Å². The summed E-state index contributed by atoms with van der Waals surface area (Å²) in [6.45, 7) is 5.81. The van der Waals surface area contributed by atoms with Crippen molar-refractivity contribution in [2.45, 2.75) is 64.7 Å². The minimum absolute atomic E-state index is 0.231. The monoisotopic (exact) mass is 248 g/mol. The molecule has 0 aliphatic rings. The minimum atomic E-state index is 0.231. The largest absolute Gasteiger partial charge is 0.295 e. The van der Waals surface area contributed by atoms with Gasteiger partial charge >= 0.3 is 0 Å². The molecule has 0 heterocycles. The first-order valence-electron chi connectivity index (χ1n) is 7.30. The molecule has 0 saturated heterocycles. The molecule has 0 unspecified atom stereocenters. The number of hydrogen-bond donors (Lipinski definition) is 0. The van der Waals surface area contributed by atoms with Crippen molar-refractivity contribution in [3.05, 3.63) is 37.0 Å². The molecule has 0 aromatic carbocycles. The van der Waals surface area contributed by atoms with Crippen LogP contribution < -0.4 is 0 Å². The van der Waals surface area contributed by atoms with Gasteiger partial charge in [-0.1, -0.05) is 82.8 Å². The van der Waals surface area contributed by atoms with Gasteiger partial charge in [0, 0.05) is 6.42 Å². The summed E-state index contributed by atoms with van der Waals surface area (Å²) >= 11 is 0. The van der Waals surface area contributed by atoms with Gasteiger partial charge in [0.05, 0.1) is 0 Å². The van der Waals surface area contributed by atoms with Gasteiger partial charge in [-0.05, 0) is 12.5 Å². The van der Waals surface area contributed by atoms with Crippen LogP contribution in [0.5, 0.6) is 0 Å².